The van der Waals surface area contributed by atoms with Crippen LogP contribution in [0.3, 0.4) is 0 Å². The molecule has 3 heterocycles. The van der Waals surface area contributed by atoms with Crippen LogP contribution in [0.2, 0.25) is 4.34 Å². The van der Waals surface area contributed by atoms with Crippen molar-refractivity contribution in [1.29, 1.82) is 0 Å². The summed E-state index contributed by atoms with van der Waals surface area (Å²) in [5, 5.41) is 3.40. The monoisotopic (exact) mass is 270 g/mol. The molecule has 17 heavy (non-hydrogen) atoms. The van der Waals surface area contributed by atoms with Crippen LogP contribution in [0.15, 0.2) is 12.1 Å². The Kier molecular flexibility index (Phi) is 2.89. The molecule has 1 amide bonds. The van der Waals surface area contributed by atoms with Gasteiger partial charge in [-0.05, 0) is 31.5 Å². The van der Waals surface area contributed by atoms with E-state index in [0.29, 0.717) is 9.75 Å². The lowest BCUT2D eigenvalue weighted by molar-refractivity contribution is 0.0780. The number of thiophene rings is 1. The van der Waals surface area contributed by atoms with E-state index in [1.807, 2.05) is 11.0 Å². The summed E-state index contributed by atoms with van der Waals surface area (Å²) < 4.78 is 0.685. The Hall–Kier alpha value is -0.580. The predicted octanol–water partition coefficient (Wildman–Crippen LogP) is 2.23. The number of carbonyl (C=O) groups is 1. The molecule has 5 heteroatoms. The summed E-state index contributed by atoms with van der Waals surface area (Å²) in [6, 6.07) is 3.62. The highest BCUT2D eigenvalue weighted by Gasteiger charge is 2.42. The van der Waals surface area contributed by atoms with Crippen molar-refractivity contribution in [3.63, 3.8) is 0 Å². The predicted molar refractivity (Wildman–Crippen MR) is 69.8 cm³/mol. The van der Waals surface area contributed by atoms with Crippen LogP contribution >= 0.6 is 22.9 Å². The van der Waals surface area contributed by atoms with E-state index in [1.54, 1.807) is 6.07 Å². The molecule has 2 saturated heterocycles. The van der Waals surface area contributed by atoms with Gasteiger partial charge in [-0.15, -0.1) is 11.3 Å². The molecule has 2 fully saturated rings. The van der Waals surface area contributed by atoms with Crippen molar-refractivity contribution < 1.29 is 4.79 Å². The first-order chi connectivity index (χ1) is 8.19. The fourth-order valence-corrected chi connectivity index (χ4v) is 3.85. The summed E-state index contributed by atoms with van der Waals surface area (Å²) in [4.78, 5) is 15.0. The quantitative estimate of drug-likeness (QED) is 0.849. The third-order valence-electron chi connectivity index (χ3n) is 3.84. The number of hydrogen-bond acceptors (Lipinski definition) is 3. The number of rotatable bonds is 1. The molecule has 1 N–H and O–H groups in total. The largest absolute Gasteiger partial charge is 0.337 e. The van der Waals surface area contributed by atoms with Gasteiger partial charge in [-0.1, -0.05) is 11.6 Å². The molecule has 2 aliphatic rings. The second-order valence-corrected chi connectivity index (χ2v) is 6.72. The molecule has 3 nitrogen and oxygen atoms in total. The van der Waals surface area contributed by atoms with Crippen LogP contribution in [0, 0.1) is 5.41 Å². The van der Waals surface area contributed by atoms with Crippen molar-refractivity contribution in [1.82, 2.24) is 10.2 Å². The van der Waals surface area contributed by atoms with Gasteiger partial charge in [-0.3, -0.25) is 4.79 Å². The molecule has 0 aliphatic carbocycles. The first-order valence-electron chi connectivity index (χ1n) is 5.94. The lowest BCUT2D eigenvalue weighted by Crippen LogP contribution is -2.32. The Morgan fingerprint density at radius 2 is 2.35 bits per heavy atom. The zero-order valence-electron chi connectivity index (χ0n) is 9.54. The average Bonchev–Trinajstić information content (AvgIpc) is 3.02. The van der Waals surface area contributed by atoms with Gasteiger partial charge < -0.3 is 10.2 Å². The molecule has 3 rings (SSSR count). The van der Waals surface area contributed by atoms with Gasteiger partial charge in [0, 0.05) is 25.0 Å². The zero-order chi connectivity index (χ0) is 11.9. The van der Waals surface area contributed by atoms with Crippen molar-refractivity contribution in [3.8, 4) is 0 Å². The van der Waals surface area contributed by atoms with Crippen molar-refractivity contribution in [2.45, 2.75) is 12.8 Å². The van der Waals surface area contributed by atoms with Crippen LogP contribution < -0.4 is 5.32 Å². The van der Waals surface area contributed by atoms with Crippen LogP contribution in [0.5, 0.6) is 0 Å². The third-order valence-corrected chi connectivity index (χ3v) is 5.06. The second kappa shape index (κ2) is 4.26. The molecule has 0 bridgehead atoms. The van der Waals surface area contributed by atoms with Crippen LogP contribution in [0.25, 0.3) is 0 Å². The summed E-state index contributed by atoms with van der Waals surface area (Å²) in [5.74, 6) is 0.144. The van der Waals surface area contributed by atoms with E-state index in [0.717, 1.165) is 37.5 Å². The van der Waals surface area contributed by atoms with Gasteiger partial charge in [0.1, 0.15) is 0 Å². The minimum Gasteiger partial charge on any atom is -0.337 e. The highest BCUT2D eigenvalue weighted by molar-refractivity contribution is 7.17. The standard InChI is InChI=1S/C12H15ClN2OS/c13-10-2-1-9(17-10)11(16)15-6-4-12(8-15)3-5-14-7-12/h1-2,14H,3-8H2. The number of nitrogens with one attached hydrogen (secondary N) is 1. The van der Waals surface area contributed by atoms with Gasteiger partial charge in [0.2, 0.25) is 0 Å². The molecule has 2 aliphatic heterocycles. The number of hydrogen-bond donors (Lipinski definition) is 1. The number of amides is 1. The van der Waals surface area contributed by atoms with Crippen molar-refractivity contribution >= 4 is 28.8 Å². The molecule has 1 spiro atoms. The maximum atomic E-state index is 12.3. The summed E-state index contributed by atoms with van der Waals surface area (Å²) in [6.45, 7) is 3.93. The minimum atomic E-state index is 0.144. The highest BCUT2D eigenvalue weighted by Crippen LogP contribution is 2.37. The lowest BCUT2D eigenvalue weighted by atomic mass is 9.87. The maximum Gasteiger partial charge on any atom is 0.263 e. The number of carbonyl (C=O) groups excluding carboxylic acids is 1. The van der Waals surface area contributed by atoms with E-state index >= 15 is 0 Å². The normalized spacial score (nSPS) is 28.2. The number of halogens is 1. The van der Waals surface area contributed by atoms with Crippen LogP contribution in [0.4, 0.5) is 0 Å². The van der Waals surface area contributed by atoms with Gasteiger partial charge in [0.15, 0.2) is 0 Å². The smallest absolute Gasteiger partial charge is 0.263 e. The third kappa shape index (κ3) is 2.09. The minimum absolute atomic E-state index is 0.144. The highest BCUT2D eigenvalue weighted by atomic mass is 35.5. The Balaban J connectivity index is 1.72. The molecule has 0 aromatic carbocycles. The van der Waals surface area contributed by atoms with Gasteiger partial charge in [0.05, 0.1) is 9.21 Å². The molecule has 1 unspecified atom stereocenters. The van der Waals surface area contributed by atoms with Gasteiger partial charge >= 0.3 is 0 Å². The molecule has 92 valence electrons. The maximum absolute atomic E-state index is 12.3. The average molecular weight is 271 g/mol. The van der Waals surface area contributed by atoms with Gasteiger partial charge in [0.25, 0.3) is 5.91 Å². The molecular weight excluding hydrogens is 256 g/mol. The van der Waals surface area contributed by atoms with Crippen LogP contribution in [0.1, 0.15) is 22.5 Å². The summed E-state index contributed by atoms with van der Waals surface area (Å²) in [7, 11) is 0. The van der Waals surface area contributed by atoms with Crippen molar-refractivity contribution in [2.75, 3.05) is 26.2 Å². The fourth-order valence-electron chi connectivity index (χ4n) is 2.84. The van der Waals surface area contributed by atoms with E-state index in [1.165, 1.54) is 17.8 Å². The van der Waals surface area contributed by atoms with E-state index in [9.17, 15) is 4.79 Å². The van der Waals surface area contributed by atoms with Crippen LogP contribution in [-0.4, -0.2) is 37.0 Å². The Morgan fingerprint density at radius 1 is 1.47 bits per heavy atom. The molecule has 1 aromatic rings. The number of nitrogens with zero attached hydrogens (tertiary/aromatic N) is 1. The molecule has 1 aromatic heterocycles. The Bertz CT molecular complexity index is 439. The van der Waals surface area contributed by atoms with Crippen molar-refractivity contribution in [3.05, 3.63) is 21.3 Å². The first-order valence-corrected chi connectivity index (χ1v) is 7.13. The van der Waals surface area contributed by atoms with E-state index < -0.39 is 0 Å². The molecule has 1 atom stereocenters. The fraction of sp³-hybridized carbons (Fsp3) is 0.583. The Morgan fingerprint density at radius 3 is 3.00 bits per heavy atom. The van der Waals surface area contributed by atoms with Gasteiger partial charge in [-0.25, -0.2) is 0 Å². The van der Waals surface area contributed by atoms with E-state index in [4.69, 9.17) is 11.6 Å². The van der Waals surface area contributed by atoms with E-state index in [-0.39, 0.29) is 5.91 Å². The van der Waals surface area contributed by atoms with Crippen molar-refractivity contribution in [2.24, 2.45) is 5.41 Å². The van der Waals surface area contributed by atoms with Gasteiger partial charge in [-0.2, -0.15) is 0 Å². The lowest BCUT2D eigenvalue weighted by Gasteiger charge is -2.22. The topological polar surface area (TPSA) is 32.3 Å². The molecule has 0 saturated carbocycles. The Labute approximate surface area is 110 Å². The summed E-state index contributed by atoms with van der Waals surface area (Å²) >= 11 is 7.24. The van der Waals surface area contributed by atoms with Crippen LogP contribution in [-0.2, 0) is 0 Å². The molecular formula is C12H15ClN2OS. The SMILES string of the molecule is O=C(c1ccc(Cl)s1)N1CCC2(CCNC2)C1. The molecule has 0 radical (unpaired) electrons. The second-order valence-electron chi connectivity index (χ2n) is 5.01. The number of likely N-dealkylation sites (tertiary alicyclic amines) is 1. The van der Waals surface area contributed by atoms with E-state index in [2.05, 4.69) is 5.32 Å². The zero-order valence-corrected chi connectivity index (χ0v) is 11.1. The first kappa shape index (κ1) is 11.5. The summed E-state index contributed by atoms with van der Waals surface area (Å²) in [6.07, 6.45) is 2.33. The summed E-state index contributed by atoms with van der Waals surface area (Å²) in [5.41, 5.74) is 0.344.